The van der Waals surface area contributed by atoms with Crippen LogP contribution in [0.1, 0.15) is 32.4 Å². The highest BCUT2D eigenvalue weighted by Crippen LogP contribution is 2.28. The minimum absolute atomic E-state index is 0.229. The summed E-state index contributed by atoms with van der Waals surface area (Å²) in [5.41, 5.74) is 6.60. The number of ether oxygens (including phenoxy) is 2. The molecule has 2 atom stereocenters. The number of hydrogen-bond acceptors (Lipinski definition) is 4. The molecule has 0 aliphatic heterocycles. The van der Waals surface area contributed by atoms with E-state index in [9.17, 15) is 4.79 Å². The van der Waals surface area contributed by atoms with Gasteiger partial charge in [0.2, 0.25) is 0 Å². The van der Waals surface area contributed by atoms with Crippen LogP contribution in [0.2, 0.25) is 5.02 Å². The van der Waals surface area contributed by atoms with E-state index in [-0.39, 0.29) is 6.04 Å². The molecule has 0 aromatic heterocycles. The number of carbonyl (C=O) groups is 1. The standard InChI is InChI=1S/C13H18ClNO3/c1-4-17-13(16)9(3)18-12-6-5-10(14)7-11(12)8(2)15/h5-9H,4,15H2,1-3H3/t8-,9?/m0/s1. The molecule has 2 N–H and O–H groups in total. The van der Waals surface area contributed by atoms with Gasteiger partial charge in [0.15, 0.2) is 6.10 Å². The number of nitrogens with two attached hydrogens (primary N) is 1. The predicted molar refractivity (Wildman–Crippen MR) is 70.8 cm³/mol. The first-order valence-electron chi connectivity index (χ1n) is 5.84. The predicted octanol–water partition coefficient (Wildman–Crippen LogP) is 2.69. The Morgan fingerprint density at radius 3 is 2.67 bits per heavy atom. The molecule has 1 rings (SSSR count). The quantitative estimate of drug-likeness (QED) is 0.837. The third-order valence-corrected chi connectivity index (χ3v) is 2.62. The van der Waals surface area contributed by atoms with E-state index < -0.39 is 12.1 Å². The second-order valence-corrected chi connectivity index (χ2v) is 4.42. The molecule has 5 heteroatoms. The minimum atomic E-state index is -0.677. The molecule has 1 aromatic rings. The van der Waals surface area contributed by atoms with Crippen molar-refractivity contribution in [2.45, 2.75) is 32.9 Å². The van der Waals surface area contributed by atoms with Crippen LogP contribution in [0, 0.1) is 0 Å². The normalized spacial score (nSPS) is 13.8. The number of halogens is 1. The van der Waals surface area contributed by atoms with E-state index in [4.69, 9.17) is 26.8 Å². The molecule has 0 saturated heterocycles. The Morgan fingerprint density at radius 1 is 1.44 bits per heavy atom. The molecule has 4 nitrogen and oxygen atoms in total. The number of benzene rings is 1. The number of esters is 1. The van der Waals surface area contributed by atoms with Crippen molar-refractivity contribution in [1.29, 1.82) is 0 Å². The highest BCUT2D eigenvalue weighted by atomic mass is 35.5. The van der Waals surface area contributed by atoms with Crippen molar-refractivity contribution in [3.63, 3.8) is 0 Å². The smallest absolute Gasteiger partial charge is 0.347 e. The molecule has 0 fully saturated rings. The Labute approximate surface area is 112 Å². The number of carbonyl (C=O) groups excluding carboxylic acids is 1. The van der Waals surface area contributed by atoms with Gasteiger partial charge in [-0.15, -0.1) is 0 Å². The van der Waals surface area contributed by atoms with Crippen molar-refractivity contribution in [3.05, 3.63) is 28.8 Å². The lowest BCUT2D eigenvalue weighted by atomic mass is 10.1. The van der Waals surface area contributed by atoms with E-state index in [1.807, 2.05) is 6.92 Å². The molecular formula is C13H18ClNO3. The summed E-state index contributed by atoms with van der Waals surface area (Å²) in [5.74, 6) is 0.151. The lowest BCUT2D eigenvalue weighted by Gasteiger charge is -2.18. The summed E-state index contributed by atoms with van der Waals surface area (Å²) in [6.45, 7) is 5.54. The molecule has 0 amide bonds. The molecule has 0 saturated carbocycles. The van der Waals surface area contributed by atoms with Crippen LogP contribution in [0.25, 0.3) is 0 Å². The molecule has 0 bridgehead atoms. The Kier molecular flexibility index (Phi) is 5.44. The van der Waals surface area contributed by atoms with Gasteiger partial charge in [-0.1, -0.05) is 11.6 Å². The zero-order valence-electron chi connectivity index (χ0n) is 10.8. The molecule has 0 aliphatic rings. The van der Waals surface area contributed by atoms with E-state index in [1.54, 1.807) is 32.0 Å². The first-order valence-corrected chi connectivity index (χ1v) is 6.21. The van der Waals surface area contributed by atoms with Gasteiger partial charge in [0.25, 0.3) is 0 Å². The van der Waals surface area contributed by atoms with Crippen molar-refractivity contribution >= 4 is 17.6 Å². The van der Waals surface area contributed by atoms with E-state index in [2.05, 4.69) is 0 Å². The van der Waals surface area contributed by atoms with Gasteiger partial charge in [0, 0.05) is 16.6 Å². The first kappa shape index (κ1) is 14.8. The van der Waals surface area contributed by atoms with E-state index in [1.165, 1.54) is 0 Å². The van der Waals surface area contributed by atoms with Crippen molar-refractivity contribution < 1.29 is 14.3 Å². The van der Waals surface area contributed by atoms with Crippen LogP contribution >= 0.6 is 11.6 Å². The van der Waals surface area contributed by atoms with E-state index in [0.29, 0.717) is 17.4 Å². The van der Waals surface area contributed by atoms with E-state index in [0.717, 1.165) is 5.56 Å². The lowest BCUT2D eigenvalue weighted by Crippen LogP contribution is -2.26. The summed E-state index contributed by atoms with van der Waals surface area (Å²) < 4.78 is 10.4. The zero-order chi connectivity index (χ0) is 13.7. The highest BCUT2D eigenvalue weighted by Gasteiger charge is 2.18. The molecule has 1 aromatic carbocycles. The van der Waals surface area contributed by atoms with Gasteiger partial charge in [0.1, 0.15) is 5.75 Å². The van der Waals surface area contributed by atoms with Crippen molar-refractivity contribution in [3.8, 4) is 5.75 Å². The maximum Gasteiger partial charge on any atom is 0.347 e. The van der Waals surface area contributed by atoms with Crippen LogP contribution in [0.4, 0.5) is 0 Å². The molecular weight excluding hydrogens is 254 g/mol. The van der Waals surface area contributed by atoms with Crippen LogP contribution in [0.15, 0.2) is 18.2 Å². The molecule has 0 radical (unpaired) electrons. The maximum atomic E-state index is 11.5. The van der Waals surface area contributed by atoms with Gasteiger partial charge in [-0.3, -0.25) is 0 Å². The number of rotatable bonds is 5. The second-order valence-electron chi connectivity index (χ2n) is 3.98. The van der Waals surface area contributed by atoms with Crippen LogP contribution in [0.3, 0.4) is 0 Å². The third-order valence-electron chi connectivity index (χ3n) is 2.38. The molecule has 0 heterocycles. The molecule has 18 heavy (non-hydrogen) atoms. The third kappa shape index (κ3) is 3.89. The molecule has 0 aliphatic carbocycles. The van der Waals surface area contributed by atoms with E-state index >= 15 is 0 Å². The van der Waals surface area contributed by atoms with Crippen LogP contribution in [-0.4, -0.2) is 18.7 Å². The fourth-order valence-electron chi connectivity index (χ4n) is 1.48. The summed E-state index contributed by atoms with van der Waals surface area (Å²) in [4.78, 5) is 11.5. The zero-order valence-corrected chi connectivity index (χ0v) is 11.5. The SMILES string of the molecule is CCOC(=O)C(C)Oc1ccc(Cl)cc1[C@H](C)N. The maximum absolute atomic E-state index is 11.5. The van der Waals surface area contributed by atoms with Crippen LogP contribution in [-0.2, 0) is 9.53 Å². The summed E-state index contributed by atoms with van der Waals surface area (Å²) >= 11 is 5.91. The van der Waals surface area contributed by atoms with Gasteiger partial charge in [-0.05, 0) is 39.0 Å². The summed E-state index contributed by atoms with van der Waals surface area (Å²) in [7, 11) is 0. The topological polar surface area (TPSA) is 61.5 Å². The van der Waals surface area contributed by atoms with Crippen molar-refractivity contribution in [2.24, 2.45) is 5.73 Å². The molecule has 1 unspecified atom stereocenters. The Bertz CT molecular complexity index is 421. The summed E-state index contributed by atoms with van der Waals surface area (Å²) in [5, 5.41) is 0.582. The summed E-state index contributed by atoms with van der Waals surface area (Å²) in [6, 6.07) is 4.91. The molecule has 0 spiro atoms. The van der Waals surface area contributed by atoms with Gasteiger partial charge >= 0.3 is 5.97 Å². The largest absolute Gasteiger partial charge is 0.479 e. The van der Waals surface area contributed by atoms with Crippen molar-refractivity contribution in [2.75, 3.05) is 6.61 Å². The van der Waals surface area contributed by atoms with Gasteiger partial charge in [-0.2, -0.15) is 0 Å². The fourth-order valence-corrected chi connectivity index (χ4v) is 1.66. The van der Waals surface area contributed by atoms with Gasteiger partial charge in [-0.25, -0.2) is 4.79 Å². The Hall–Kier alpha value is -1.26. The summed E-state index contributed by atoms with van der Waals surface area (Å²) in [6.07, 6.45) is -0.677. The second kappa shape index (κ2) is 6.61. The van der Waals surface area contributed by atoms with Crippen LogP contribution < -0.4 is 10.5 Å². The fraction of sp³-hybridized carbons (Fsp3) is 0.462. The monoisotopic (exact) mass is 271 g/mol. The average Bonchev–Trinajstić information content (AvgIpc) is 2.31. The van der Waals surface area contributed by atoms with Gasteiger partial charge in [0.05, 0.1) is 6.61 Å². The van der Waals surface area contributed by atoms with Crippen molar-refractivity contribution in [1.82, 2.24) is 0 Å². The van der Waals surface area contributed by atoms with Gasteiger partial charge < -0.3 is 15.2 Å². The Balaban J connectivity index is 2.87. The number of hydrogen-bond donors (Lipinski definition) is 1. The average molecular weight is 272 g/mol. The van der Waals surface area contributed by atoms with Crippen LogP contribution in [0.5, 0.6) is 5.75 Å². The highest BCUT2D eigenvalue weighted by molar-refractivity contribution is 6.30. The minimum Gasteiger partial charge on any atom is -0.479 e. The molecule has 100 valence electrons. The lowest BCUT2D eigenvalue weighted by molar-refractivity contribution is -0.150. The first-order chi connectivity index (χ1) is 8.45. The Morgan fingerprint density at radius 2 is 2.11 bits per heavy atom.